The Hall–Kier alpha value is -4.00. The standard InChI is InChI=1S/C43H71N7O9S2/c1-9-29(7)38(50-42(58)33(17-16-26(2)3)48-40(56)30(8)46-25-51)43(59)49-35(39(44)55)24-61-23-32-13-10-12-31(19-32)22-60-21-28(6)20-45-41(57)34(18-27(4)5)47-36(52)14-11-15-37(53)54/h10,12-13,19-20,25-30,33-35,37-38,53-54H,9,11,14-18,21-24H2,1-8H3,(H2,44,55)(H,46,51)(H,47,52)(H,48,56)(H,49,59)(H,50,58)/b45-20+/t28?,29-,30-,33-,34?,35-,38-/m0/s1. The van der Waals surface area contributed by atoms with Crippen LogP contribution in [0.5, 0.6) is 0 Å². The highest BCUT2D eigenvalue weighted by atomic mass is 32.2. The van der Waals surface area contributed by atoms with Gasteiger partial charge in [0.2, 0.25) is 35.9 Å². The molecule has 1 rings (SSSR count). The first kappa shape index (κ1) is 55.0. The molecule has 0 heterocycles. The predicted molar refractivity (Wildman–Crippen MR) is 242 cm³/mol. The number of hydrogen-bond donors (Lipinski definition) is 8. The van der Waals surface area contributed by atoms with Crippen molar-refractivity contribution in [3.63, 3.8) is 0 Å². The molecule has 0 spiro atoms. The average Bonchev–Trinajstić information content (AvgIpc) is 3.19. The van der Waals surface area contributed by atoms with Crippen molar-refractivity contribution < 1.29 is 43.8 Å². The normalized spacial score (nSPS) is 15.0. The summed E-state index contributed by atoms with van der Waals surface area (Å²) in [5.74, 6) is -0.901. The zero-order chi connectivity index (χ0) is 46.1. The highest BCUT2D eigenvalue weighted by Gasteiger charge is 2.32. The summed E-state index contributed by atoms with van der Waals surface area (Å²) in [6.07, 6.45) is 2.91. The third-order valence-electron chi connectivity index (χ3n) is 9.69. The number of aliphatic hydroxyl groups excluding tert-OH is 1. The fraction of sp³-hybridized carbons (Fsp3) is 0.674. The number of nitrogens with zero attached hydrogens (tertiary/aromatic N) is 1. The molecular weight excluding hydrogens is 823 g/mol. The van der Waals surface area contributed by atoms with E-state index in [-0.39, 0.29) is 48.2 Å². The summed E-state index contributed by atoms with van der Waals surface area (Å²) >= 11 is 3.11. The molecule has 9 N–H and O–H groups in total. The smallest absolute Gasteiger partial charge is 0.267 e. The number of rotatable bonds is 31. The molecule has 0 aromatic heterocycles. The van der Waals surface area contributed by atoms with Gasteiger partial charge in [0.05, 0.1) is 0 Å². The van der Waals surface area contributed by atoms with E-state index in [0.29, 0.717) is 55.8 Å². The number of hydrogen-bond acceptors (Lipinski definition) is 11. The summed E-state index contributed by atoms with van der Waals surface area (Å²) in [5, 5.41) is 31.4. The number of primary amides is 1. The number of amides is 7. The SMILES string of the molecule is CC[C@H](C)[C@H](NC(=O)[C@H](CCC(C)C)NC(=O)[C@H](C)NC=O)C(=O)N[C@@H](CSCc1cccc(CSCC(C)/C=N/C(=O)C(CC(C)C)NC(=O)CCCC(O)O)c1)C(N)=O. The van der Waals surface area contributed by atoms with Crippen LogP contribution in [0.25, 0.3) is 0 Å². The number of carbonyl (C=O) groups excluding carboxylic acids is 7. The van der Waals surface area contributed by atoms with Gasteiger partial charge in [-0.15, -0.1) is 0 Å². The van der Waals surface area contributed by atoms with Gasteiger partial charge in [0.15, 0.2) is 6.29 Å². The summed E-state index contributed by atoms with van der Waals surface area (Å²) in [5.41, 5.74) is 7.82. The fourth-order valence-corrected chi connectivity index (χ4v) is 7.87. The van der Waals surface area contributed by atoms with Crippen molar-refractivity contribution in [1.29, 1.82) is 0 Å². The lowest BCUT2D eigenvalue weighted by atomic mass is 9.96. The number of benzene rings is 1. The van der Waals surface area contributed by atoms with Gasteiger partial charge < -0.3 is 42.5 Å². The topological polar surface area (TPSA) is 258 Å². The van der Waals surface area contributed by atoms with Crippen LogP contribution in [0.15, 0.2) is 29.3 Å². The number of nitrogens with two attached hydrogens (primary N) is 1. The zero-order valence-electron chi connectivity index (χ0n) is 37.1. The van der Waals surface area contributed by atoms with Crippen LogP contribution < -0.4 is 32.3 Å². The fourth-order valence-electron chi connectivity index (χ4n) is 5.86. The van der Waals surface area contributed by atoms with E-state index in [1.165, 1.54) is 18.7 Å². The lowest BCUT2D eigenvalue weighted by molar-refractivity contribution is -0.134. The predicted octanol–water partition coefficient (Wildman–Crippen LogP) is 2.95. The summed E-state index contributed by atoms with van der Waals surface area (Å²) in [6, 6.07) is 3.44. The molecule has 18 heteroatoms. The molecule has 1 aromatic carbocycles. The second-order valence-corrected chi connectivity index (χ2v) is 18.5. The van der Waals surface area contributed by atoms with E-state index in [1.54, 1.807) is 18.0 Å². The second kappa shape index (κ2) is 30.1. The maximum atomic E-state index is 13.6. The molecule has 0 aliphatic heterocycles. The molecular formula is C43H71N7O9S2. The molecule has 0 fully saturated rings. The van der Waals surface area contributed by atoms with Gasteiger partial charge in [0.25, 0.3) is 5.91 Å². The van der Waals surface area contributed by atoms with Crippen LogP contribution in [0.3, 0.4) is 0 Å². The van der Waals surface area contributed by atoms with Crippen molar-refractivity contribution in [2.75, 3.05) is 11.5 Å². The number of aliphatic imine (C=N–C) groups is 1. The minimum absolute atomic E-state index is 0.0175. The first-order valence-electron chi connectivity index (χ1n) is 21.1. The minimum atomic E-state index is -1.48. The Morgan fingerprint density at radius 2 is 1.39 bits per heavy atom. The second-order valence-electron chi connectivity index (χ2n) is 16.4. The average molecular weight is 894 g/mol. The summed E-state index contributed by atoms with van der Waals surface area (Å²) in [6.45, 7) is 15.0. The molecule has 7 atom stereocenters. The molecule has 0 saturated carbocycles. The van der Waals surface area contributed by atoms with E-state index in [4.69, 9.17) is 15.9 Å². The molecule has 344 valence electrons. The lowest BCUT2D eigenvalue weighted by Gasteiger charge is -2.28. The molecule has 2 unspecified atom stereocenters. The van der Waals surface area contributed by atoms with Gasteiger partial charge in [-0.05, 0) is 67.9 Å². The van der Waals surface area contributed by atoms with Gasteiger partial charge in [0, 0.05) is 41.6 Å². The van der Waals surface area contributed by atoms with Crippen molar-refractivity contribution in [3.8, 4) is 0 Å². The Morgan fingerprint density at radius 3 is 1.95 bits per heavy atom. The maximum absolute atomic E-state index is 13.6. The van der Waals surface area contributed by atoms with E-state index in [1.807, 2.05) is 66.7 Å². The summed E-state index contributed by atoms with van der Waals surface area (Å²) in [7, 11) is 0. The highest BCUT2D eigenvalue weighted by Crippen LogP contribution is 2.20. The van der Waals surface area contributed by atoms with Gasteiger partial charge in [-0.2, -0.15) is 23.5 Å². The van der Waals surface area contributed by atoms with Crippen LogP contribution in [-0.2, 0) is 45.1 Å². The van der Waals surface area contributed by atoms with E-state index in [0.717, 1.165) is 11.1 Å². The van der Waals surface area contributed by atoms with E-state index >= 15 is 0 Å². The molecule has 0 bridgehead atoms. The molecule has 0 aliphatic rings. The quantitative estimate of drug-likeness (QED) is 0.0306. The number of carbonyl (C=O) groups is 7. The van der Waals surface area contributed by atoms with Crippen molar-refractivity contribution in [2.24, 2.45) is 34.4 Å². The monoisotopic (exact) mass is 893 g/mol. The van der Waals surface area contributed by atoms with Crippen LogP contribution in [-0.4, -0.2) is 106 Å². The molecule has 0 radical (unpaired) electrons. The van der Waals surface area contributed by atoms with Crippen LogP contribution in [0, 0.1) is 23.7 Å². The van der Waals surface area contributed by atoms with Crippen LogP contribution >= 0.6 is 23.5 Å². The van der Waals surface area contributed by atoms with Gasteiger partial charge in [-0.25, -0.2) is 4.99 Å². The Bertz CT molecular complexity index is 1580. The van der Waals surface area contributed by atoms with Crippen molar-refractivity contribution in [3.05, 3.63) is 35.4 Å². The zero-order valence-corrected chi connectivity index (χ0v) is 38.7. The minimum Gasteiger partial charge on any atom is -0.368 e. The van der Waals surface area contributed by atoms with Crippen molar-refractivity contribution >= 4 is 71.6 Å². The summed E-state index contributed by atoms with van der Waals surface area (Å²) in [4.78, 5) is 92.6. The number of aliphatic hydroxyl groups is 2. The Balaban J connectivity index is 2.81. The van der Waals surface area contributed by atoms with E-state index in [9.17, 15) is 33.6 Å². The maximum Gasteiger partial charge on any atom is 0.267 e. The number of thioether (sulfide) groups is 2. The first-order chi connectivity index (χ1) is 28.8. The Labute approximate surface area is 370 Å². The highest BCUT2D eigenvalue weighted by molar-refractivity contribution is 7.98. The van der Waals surface area contributed by atoms with E-state index < -0.39 is 66.0 Å². The van der Waals surface area contributed by atoms with Crippen LogP contribution in [0.4, 0.5) is 0 Å². The van der Waals surface area contributed by atoms with Gasteiger partial charge in [-0.3, -0.25) is 33.6 Å². The molecule has 1 aromatic rings. The van der Waals surface area contributed by atoms with Crippen molar-refractivity contribution in [2.45, 2.75) is 148 Å². The molecule has 0 saturated heterocycles. The largest absolute Gasteiger partial charge is 0.368 e. The number of nitrogens with one attached hydrogen (secondary N) is 5. The van der Waals surface area contributed by atoms with Crippen LogP contribution in [0.1, 0.15) is 111 Å². The summed E-state index contributed by atoms with van der Waals surface area (Å²) < 4.78 is 0. The first-order valence-corrected chi connectivity index (χ1v) is 23.5. The molecule has 7 amide bonds. The van der Waals surface area contributed by atoms with E-state index in [2.05, 4.69) is 37.6 Å². The Kier molecular flexibility index (Phi) is 27.2. The van der Waals surface area contributed by atoms with Crippen molar-refractivity contribution in [1.82, 2.24) is 26.6 Å². The third-order valence-corrected chi connectivity index (χ3v) is 12.1. The van der Waals surface area contributed by atoms with Crippen LogP contribution in [0.2, 0.25) is 0 Å². The van der Waals surface area contributed by atoms with Gasteiger partial charge in [0.1, 0.15) is 30.2 Å². The third kappa shape index (κ3) is 23.7. The Morgan fingerprint density at radius 1 is 0.770 bits per heavy atom. The molecule has 16 nitrogen and oxygen atoms in total. The van der Waals surface area contributed by atoms with Gasteiger partial charge in [-0.1, -0.05) is 79.2 Å². The van der Waals surface area contributed by atoms with Gasteiger partial charge >= 0.3 is 0 Å². The molecule has 61 heavy (non-hydrogen) atoms. The molecule has 0 aliphatic carbocycles. The lowest BCUT2D eigenvalue weighted by Crippen LogP contribution is -2.59.